The first kappa shape index (κ1) is 9.70. The number of aromatic nitrogens is 1. The lowest BCUT2D eigenvalue weighted by Gasteiger charge is -1.67. The van der Waals surface area contributed by atoms with Gasteiger partial charge in [-0.2, -0.15) is 0 Å². The molecule has 12 heavy (non-hydrogen) atoms. The van der Waals surface area contributed by atoms with E-state index < -0.39 is 0 Å². The minimum absolute atomic E-state index is 0.634. The van der Waals surface area contributed by atoms with Crippen LogP contribution in [0.3, 0.4) is 0 Å². The monoisotopic (exact) mass is 262 g/mol. The summed E-state index contributed by atoms with van der Waals surface area (Å²) >= 11 is 6.44. The zero-order valence-electron chi connectivity index (χ0n) is 6.11. The summed E-state index contributed by atoms with van der Waals surface area (Å²) in [6, 6.07) is 4.03. The summed E-state index contributed by atoms with van der Waals surface area (Å²) in [7, 11) is 0. The molecule has 2 aromatic heterocycles. The topological polar surface area (TPSA) is 38.9 Å². The molecule has 0 aliphatic heterocycles. The van der Waals surface area contributed by atoms with Crippen LogP contribution < -0.4 is 5.73 Å². The summed E-state index contributed by atoms with van der Waals surface area (Å²) in [5, 5.41) is 4.51. The number of rotatable bonds is 0. The number of thiophene rings is 1. The smallest absolute Gasteiger partial charge is 0.179 e. The second-order valence-electron chi connectivity index (χ2n) is 1.79. The second-order valence-corrected chi connectivity index (χ2v) is 5.04. The minimum atomic E-state index is 0.634. The summed E-state index contributed by atoms with van der Waals surface area (Å²) in [4.78, 5) is 3.71. The zero-order chi connectivity index (χ0) is 8.81. The first-order chi connectivity index (χ1) is 5.79. The fraction of sp³-hybridized carbons (Fsp3) is 0. The fourth-order valence-electron chi connectivity index (χ4n) is 0.493. The van der Waals surface area contributed by atoms with Crippen LogP contribution in [0.15, 0.2) is 32.9 Å². The normalized spacial score (nSPS) is 8.75. The van der Waals surface area contributed by atoms with Crippen molar-refractivity contribution in [2.45, 2.75) is 0 Å². The van der Waals surface area contributed by atoms with Crippen LogP contribution in [-0.2, 0) is 0 Å². The van der Waals surface area contributed by atoms with E-state index in [1.54, 1.807) is 17.5 Å². The molecule has 2 heterocycles. The second kappa shape index (κ2) is 5.29. The Morgan fingerprint density at radius 2 is 2.17 bits per heavy atom. The maximum atomic E-state index is 5.19. The van der Waals surface area contributed by atoms with E-state index in [2.05, 4.69) is 20.9 Å². The molecule has 2 nitrogen and oxygen atoms in total. The molecule has 0 aliphatic carbocycles. The van der Waals surface area contributed by atoms with Gasteiger partial charge in [0.05, 0.1) is 3.79 Å². The molecule has 0 aromatic carbocycles. The molecule has 0 saturated carbocycles. The fourth-order valence-corrected chi connectivity index (χ4v) is 1.80. The molecule has 0 fully saturated rings. The molecule has 2 aromatic rings. The number of nitrogen functional groups attached to an aromatic ring is 1. The van der Waals surface area contributed by atoms with E-state index in [0.717, 1.165) is 0 Å². The third-order valence-corrected chi connectivity index (χ3v) is 3.02. The molecule has 2 N–H and O–H groups in total. The van der Waals surface area contributed by atoms with Gasteiger partial charge >= 0.3 is 0 Å². The highest BCUT2D eigenvalue weighted by molar-refractivity contribution is 9.11. The molecule has 0 spiro atoms. The molecule has 0 atom stereocenters. The van der Waals surface area contributed by atoms with E-state index in [0.29, 0.717) is 5.13 Å². The number of hydrogen-bond acceptors (Lipinski definition) is 4. The molecule has 0 bridgehead atoms. The van der Waals surface area contributed by atoms with Gasteiger partial charge in [0, 0.05) is 11.6 Å². The van der Waals surface area contributed by atoms with Crippen molar-refractivity contribution < 1.29 is 0 Å². The van der Waals surface area contributed by atoms with Crippen LogP contribution in [0.1, 0.15) is 0 Å². The van der Waals surface area contributed by atoms with Gasteiger partial charge in [0.2, 0.25) is 0 Å². The summed E-state index contributed by atoms with van der Waals surface area (Å²) in [6.45, 7) is 0. The van der Waals surface area contributed by atoms with Crippen LogP contribution >= 0.6 is 38.6 Å². The van der Waals surface area contributed by atoms with Crippen LogP contribution in [-0.4, -0.2) is 4.98 Å². The van der Waals surface area contributed by atoms with Crippen molar-refractivity contribution in [1.82, 2.24) is 4.98 Å². The molecule has 64 valence electrons. The van der Waals surface area contributed by atoms with Crippen LogP contribution in [0.4, 0.5) is 5.13 Å². The highest BCUT2D eigenvalue weighted by Gasteiger charge is 1.77. The molecule has 0 saturated heterocycles. The van der Waals surface area contributed by atoms with E-state index in [-0.39, 0.29) is 0 Å². The number of hydrogen-bond donors (Lipinski definition) is 1. The molecule has 5 heteroatoms. The Labute approximate surface area is 87.2 Å². The van der Waals surface area contributed by atoms with Gasteiger partial charge in [0.1, 0.15) is 0 Å². The standard InChI is InChI=1S/C4H3BrS.C3H4N2S/c5-4-2-1-3-6-4;4-3-5-1-2-6-3/h1-3H;1-2H,(H2,4,5). The molecule has 0 unspecified atom stereocenters. The molecule has 0 radical (unpaired) electrons. The first-order valence-electron chi connectivity index (χ1n) is 3.13. The maximum Gasteiger partial charge on any atom is 0.179 e. The summed E-state index contributed by atoms with van der Waals surface area (Å²) in [5.41, 5.74) is 5.19. The number of nitrogens with zero attached hydrogens (tertiary/aromatic N) is 1. The average molecular weight is 263 g/mol. The van der Waals surface area contributed by atoms with Gasteiger partial charge in [-0.3, -0.25) is 0 Å². The van der Waals surface area contributed by atoms with Crippen LogP contribution in [0.2, 0.25) is 0 Å². The molecule has 2 rings (SSSR count). The van der Waals surface area contributed by atoms with Gasteiger partial charge in [-0.15, -0.1) is 22.7 Å². The SMILES string of the molecule is Brc1cccs1.Nc1nccs1. The van der Waals surface area contributed by atoms with E-state index in [9.17, 15) is 0 Å². The van der Waals surface area contributed by atoms with Gasteiger partial charge in [-0.1, -0.05) is 6.07 Å². The summed E-state index contributed by atoms with van der Waals surface area (Å²) in [5.74, 6) is 0. The number of halogens is 1. The van der Waals surface area contributed by atoms with E-state index >= 15 is 0 Å². The Kier molecular flexibility index (Phi) is 4.27. The van der Waals surface area contributed by atoms with Crippen molar-refractivity contribution in [1.29, 1.82) is 0 Å². The van der Waals surface area contributed by atoms with Crippen molar-refractivity contribution in [3.63, 3.8) is 0 Å². The van der Waals surface area contributed by atoms with Gasteiger partial charge in [0.15, 0.2) is 5.13 Å². The van der Waals surface area contributed by atoms with Crippen LogP contribution in [0.5, 0.6) is 0 Å². The van der Waals surface area contributed by atoms with Gasteiger partial charge in [-0.25, -0.2) is 4.98 Å². The lowest BCUT2D eigenvalue weighted by atomic mass is 10.7. The predicted octanol–water partition coefficient (Wildman–Crippen LogP) is 3.24. The highest BCUT2D eigenvalue weighted by atomic mass is 79.9. The molecule has 0 aliphatic rings. The Bertz CT molecular complexity index is 259. The lowest BCUT2D eigenvalue weighted by Crippen LogP contribution is -1.77. The van der Waals surface area contributed by atoms with Crippen LogP contribution in [0.25, 0.3) is 0 Å². The molecular weight excluding hydrogens is 256 g/mol. The predicted molar refractivity (Wildman–Crippen MR) is 58.5 cm³/mol. The van der Waals surface area contributed by atoms with Crippen molar-refractivity contribution in [2.24, 2.45) is 0 Å². The number of nitrogens with two attached hydrogens (primary N) is 1. The van der Waals surface area contributed by atoms with Gasteiger partial charge in [0.25, 0.3) is 0 Å². The quantitative estimate of drug-likeness (QED) is 0.792. The zero-order valence-corrected chi connectivity index (χ0v) is 9.32. The van der Waals surface area contributed by atoms with E-state index in [4.69, 9.17) is 5.73 Å². The Hall–Kier alpha value is -0.390. The lowest BCUT2D eigenvalue weighted by molar-refractivity contribution is 1.43. The first-order valence-corrected chi connectivity index (χ1v) is 5.68. The van der Waals surface area contributed by atoms with Crippen molar-refractivity contribution in [3.8, 4) is 0 Å². The number of anilines is 1. The largest absolute Gasteiger partial charge is 0.375 e. The van der Waals surface area contributed by atoms with Crippen molar-refractivity contribution in [3.05, 3.63) is 32.9 Å². The Morgan fingerprint density at radius 3 is 2.33 bits per heavy atom. The highest BCUT2D eigenvalue weighted by Crippen LogP contribution is 2.14. The minimum Gasteiger partial charge on any atom is -0.375 e. The summed E-state index contributed by atoms with van der Waals surface area (Å²) in [6.07, 6.45) is 1.68. The van der Waals surface area contributed by atoms with Crippen LogP contribution in [0, 0.1) is 0 Å². The number of thiazole rings is 1. The third kappa shape index (κ3) is 3.85. The Morgan fingerprint density at radius 1 is 1.33 bits per heavy atom. The van der Waals surface area contributed by atoms with Crippen molar-refractivity contribution in [2.75, 3.05) is 5.73 Å². The summed E-state index contributed by atoms with van der Waals surface area (Å²) < 4.78 is 1.20. The average Bonchev–Trinajstić information content (AvgIpc) is 2.63. The third-order valence-electron chi connectivity index (χ3n) is 0.938. The van der Waals surface area contributed by atoms with E-state index in [1.807, 2.05) is 22.9 Å². The van der Waals surface area contributed by atoms with E-state index in [1.165, 1.54) is 15.1 Å². The molecular formula is C7H7BrN2S2. The van der Waals surface area contributed by atoms with Crippen molar-refractivity contribution >= 4 is 43.7 Å². The maximum absolute atomic E-state index is 5.19. The Balaban J connectivity index is 0.000000120. The molecule has 0 amide bonds. The van der Waals surface area contributed by atoms with Gasteiger partial charge < -0.3 is 5.73 Å². The van der Waals surface area contributed by atoms with Gasteiger partial charge in [-0.05, 0) is 27.4 Å².